The van der Waals surface area contributed by atoms with Crippen molar-refractivity contribution in [3.8, 4) is 0 Å². The molecule has 1 saturated carbocycles. The normalized spacial score (nSPS) is 19.7. The Kier molecular flexibility index (Phi) is 8.16. The zero-order chi connectivity index (χ0) is 24.8. The fourth-order valence-electron chi connectivity index (χ4n) is 5.25. The quantitative estimate of drug-likeness (QED) is 0.358. The van der Waals surface area contributed by atoms with Crippen LogP contribution in [0.1, 0.15) is 72.5 Å². The maximum absolute atomic E-state index is 12.5. The van der Waals surface area contributed by atoms with E-state index in [0.717, 1.165) is 25.7 Å². The second-order valence-corrected chi connectivity index (χ2v) is 9.52. The standard InChI is InChI=1S/C29H34N2O4/c1-19(25-11-5-7-21-6-2-3-10-26(21)25)30-24-9-4-8-23(18-24)20-12-14-22(15-13-20)28(33)31-27(16-17-32)29(34)35/h2-3,5-7,10-15,19,23-24,27,30,32H,4,8-9,16-18H2,1H3,(H,31,33)(H,34,35)/t19-,23+,24+,27-/m1/s1. The van der Waals surface area contributed by atoms with Crippen molar-refractivity contribution in [3.05, 3.63) is 83.4 Å². The summed E-state index contributed by atoms with van der Waals surface area (Å²) >= 11 is 0. The van der Waals surface area contributed by atoms with Crippen LogP contribution in [0.5, 0.6) is 0 Å². The smallest absolute Gasteiger partial charge is 0.326 e. The molecule has 0 radical (unpaired) electrons. The van der Waals surface area contributed by atoms with Crippen molar-refractivity contribution in [2.75, 3.05) is 6.61 Å². The van der Waals surface area contributed by atoms with E-state index in [1.54, 1.807) is 12.1 Å². The lowest BCUT2D eigenvalue weighted by Gasteiger charge is -2.32. The van der Waals surface area contributed by atoms with Gasteiger partial charge >= 0.3 is 5.97 Å². The molecule has 0 aromatic heterocycles. The summed E-state index contributed by atoms with van der Waals surface area (Å²) in [5.74, 6) is -1.17. The zero-order valence-corrected chi connectivity index (χ0v) is 20.1. The number of amides is 1. The number of aliphatic carboxylic acids is 1. The second kappa shape index (κ2) is 11.5. The molecule has 0 bridgehead atoms. The third kappa shape index (κ3) is 6.08. The lowest BCUT2D eigenvalue weighted by atomic mass is 9.80. The number of fused-ring (bicyclic) bond motifs is 1. The molecule has 35 heavy (non-hydrogen) atoms. The Hall–Kier alpha value is -3.22. The molecule has 0 heterocycles. The Labute approximate surface area is 206 Å². The first-order chi connectivity index (χ1) is 17.0. The largest absolute Gasteiger partial charge is 0.480 e. The molecule has 0 aliphatic heterocycles. The summed E-state index contributed by atoms with van der Waals surface area (Å²) in [5.41, 5.74) is 2.95. The van der Waals surface area contributed by atoms with E-state index < -0.39 is 17.9 Å². The number of benzene rings is 3. The summed E-state index contributed by atoms with van der Waals surface area (Å²) in [7, 11) is 0. The predicted octanol–water partition coefficient (Wildman–Crippen LogP) is 4.78. The van der Waals surface area contributed by atoms with Crippen LogP contribution in [0.3, 0.4) is 0 Å². The van der Waals surface area contributed by atoms with Crippen molar-refractivity contribution in [1.29, 1.82) is 0 Å². The van der Waals surface area contributed by atoms with Gasteiger partial charge in [-0.1, -0.05) is 61.0 Å². The third-order valence-corrected chi connectivity index (χ3v) is 7.12. The van der Waals surface area contributed by atoms with Crippen molar-refractivity contribution < 1.29 is 19.8 Å². The number of carbonyl (C=O) groups is 2. The first kappa shape index (κ1) is 24.9. The molecule has 4 rings (SSSR count). The van der Waals surface area contributed by atoms with Crippen molar-refractivity contribution in [1.82, 2.24) is 10.6 Å². The summed E-state index contributed by atoms with van der Waals surface area (Å²) in [4.78, 5) is 23.7. The van der Waals surface area contributed by atoms with E-state index in [0.29, 0.717) is 17.5 Å². The highest BCUT2D eigenvalue weighted by Gasteiger charge is 2.25. The molecule has 1 fully saturated rings. The third-order valence-electron chi connectivity index (χ3n) is 7.12. The fraction of sp³-hybridized carbons (Fsp3) is 0.379. The van der Waals surface area contributed by atoms with Crippen LogP contribution in [0.2, 0.25) is 0 Å². The molecular weight excluding hydrogens is 440 g/mol. The predicted molar refractivity (Wildman–Crippen MR) is 138 cm³/mol. The minimum Gasteiger partial charge on any atom is -0.480 e. The molecule has 0 unspecified atom stereocenters. The highest BCUT2D eigenvalue weighted by molar-refractivity contribution is 5.96. The highest BCUT2D eigenvalue weighted by Crippen LogP contribution is 2.34. The summed E-state index contributed by atoms with van der Waals surface area (Å²) in [6.45, 7) is 1.94. The first-order valence-corrected chi connectivity index (χ1v) is 12.4. The van der Waals surface area contributed by atoms with E-state index in [-0.39, 0.29) is 19.1 Å². The molecule has 3 aromatic rings. The molecular formula is C29H34N2O4. The number of aliphatic hydroxyl groups excluding tert-OH is 1. The summed E-state index contributed by atoms with van der Waals surface area (Å²) in [6.07, 6.45) is 4.43. The first-order valence-electron chi connectivity index (χ1n) is 12.4. The van der Waals surface area contributed by atoms with E-state index in [4.69, 9.17) is 5.11 Å². The van der Waals surface area contributed by atoms with E-state index >= 15 is 0 Å². The molecule has 1 amide bonds. The maximum Gasteiger partial charge on any atom is 0.326 e. The molecule has 4 atom stereocenters. The topological polar surface area (TPSA) is 98.7 Å². The van der Waals surface area contributed by atoms with Gasteiger partial charge in [-0.15, -0.1) is 0 Å². The average Bonchev–Trinajstić information content (AvgIpc) is 2.88. The van der Waals surface area contributed by atoms with Gasteiger partial charge in [0.25, 0.3) is 5.91 Å². The molecule has 3 aromatic carbocycles. The lowest BCUT2D eigenvalue weighted by Crippen LogP contribution is -2.41. The van der Waals surface area contributed by atoms with Gasteiger partial charge in [0.05, 0.1) is 0 Å². The van der Waals surface area contributed by atoms with Gasteiger partial charge in [0.2, 0.25) is 0 Å². The van der Waals surface area contributed by atoms with Gasteiger partial charge < -0.3 is 20.8 Å². The molecule has 1 aliphatic rings. The van der Waals surface area contributed by atoms with Gasteiger partial charge in [0.15, 0.2) is 0 Å². The Morgan fingerprint density at radius 3 is 2.49 bits per heavy atom. The van der Waals surface area contributed by atoms with Gasteiger partial charge in [0.1, 0.15) is 6.04 Å². The van der Waals surface area contributed by atoms with E-state index in [1.165, 1.54) is 21.9 Å². The molecule has 0 saturated heterocycles. The maximum atomic E-state index is 12.5. The monoisotopic (exact) mass is 474 g/mol. The number of rotatable bonds is 9. The molecule has 184 valence electrons. The second-order valence-electron chi connectivity index (χ2n) is 9.52. The minimum absolute atomic E-state index is 0.0210. The van der Waals surface area contributed by atoms with Gasteiger partial charge in [-0.05, 0) is 66.1 Å². The number of carboxylic acid groups (broad SMARTS) is 1. The number of nitrogens with one attached hydrogen (secondary N) is 2. The lowest BCUT2D eigenvalue weighted by molar-refractivity contribution is -0.139. The van der Waals surface area contributed by atoms with Crippen LogP contribution in [-0.4, -0.2) is 40.8 Å². The van der Waals surface area contributed by atoms with Crippen molar-refractivity contribution in [3.63, 3.8) is 0 Å². The van der Waals surface area contributed by atoms with Crippen LogP contribution >= 0.6 is 0 Å². The minimum atomic E-state index is -1.15. The SMILES string of the molecule is C[C@@H](N[C@H]1CCC[C@H](c2ccc(C(=O)N[C@H](CCO)C(=O)O)cc2)C1)c1cccc2ccccc12. The van der Waals surface area contributed by atoms with Crippen LogP contribution in [0, 0.1) is 0 Å². The van der Waals surface area contributed by atoms with Crippen LogP contribution in [0.15, 0.2) is 66.7 Å². The zero-order valence-electron chi connectivity index (χ0n) is 20.1. The van der Waals surface area contributed by atoms with Crippen molar-refractivity contribution >= 4 is 22.6 Å². The number of hydrogen-bond donors (Lipinski definition) is 4. The molecule has 4 N–H and O–H groups in total. The van der Waals surface area contributed by atoms with Gasteiger partial charge in [0, 0.05) is 30.7 Å². The van der Waals surface area contributed by atoms with Crippen LogP contribution in [-0.2, 0) is 4.79 Å². The summed E-state index contributed by atoms with van der Waals surface area (Å²) < 4.78 is 0. The molecule has 1 aliphatic carbocycles. The van der Waals surface area contributed by atoms with Gasteiger partial charge in [-0.2, -0.15) is 0 Å². The van der Waals surface area contributed by atoms with Crippen molar-refractivity contribution in [2.45, 2.75) is 63.1 Å². The van der Waals surface area contributed by atoms with Gasteiger partial charge in [-0.3, -0.25) is 4.79 Å². The van der Waals surface area contributed by atoms with E-state index in [1.807, 2.05) is 12.1 Å². The molecule has 6 heteroatoms. The average molecular weight is 475 g/mol. The Morgan fingerprint density at radius 2 is 1.74 bits per heavy atom. The number of carbonyl (C=O) groups excluding carboxylic acids is 1. The van der Waals surface area contributed by atoms with Crippen LogP contribution in [0.25, 0.3) is 10.8 Å². The van der Waals surface area contributed by atoms with Crippen LogP contribution in [0.4, 0.5) is 0 Å². The highest BCUT2D eigenvalue weighted by atomic mass is 16.4. The summed E-state index contributed by atoms with van der Waals surface area (Å²) in [5, 5.41) is 27.1. The van der Waals surface area contributed by atoms with Gasteiger partial charge in [-0.25, -0.2) is 4.79 Å². The van der Waals surface area contributed by atoms with Crippen LogP contribution < -0.4 is 10.6 Å². The Morgan fingerprint density at radius 1 is 1.00 bits per heavy atom. The Balaban J connectivity index is 1.39. The fourth-order valence-corrected chi connectivity index (χ4v) is 5.25. The summed E-state index contributed by atoms with van der Waals surface area (Å²) in [6, 6.07) is 22.1. The number of aliphatic hydroxyl groups is 1. The number of carboxylic acids is 1. The molecule has 0 spiro atoms. The molecule has 6 nitrogen and oxygen atoms in total. The van der Waals surface area contributed by atoms with E-state index in [2.05, 4.69) is 60.0 Å². The van der Waals surface area contributed by atoms with Crippen molar-refractivity contribution in [2.24, 2.45) is 0 Å². The Bertz CT molecular complexity index is 1160. The van der Waals surface area contributed by atoms with E-state index in [9.17, 15) is 14.7 Å². The number of hydrogen-bond acceptors (Lipinski definition) is 4.